The summed E-state index contributed by atoms with van der Waals surface area (Å²) in [6, 6.07) is 2.11. The molecule has 0 spiro atoms. The summed E-state index contributed by atoms with van der Waals surface area (Å²) in [5.74, 6) is -0.693. The van der Waals surface area contributed by atoms with E-state index in [-0.39, 0.29) is 36.2 Å². The fraction of sp³-hybridized carbons (Fsp3) is 0.583. The lowest BCUT2D eigenvalue weighted by atomic mass is 10.0. The zero-order chi connectivity index (χ0) is 26.4. The maximum atomic E-state index is 13.2. The van der Waals surface area contributed by atoms with Crippen molar-refractivity contribution in [2.75, 3.05) is 13.1 Å². The Morgan fingerprint density at radius 2 is 1.86 bits per heavy atom. The molecule has 2 amide bonds. The summed E-state index contributed by atoms with van der Waals surface area (Å²) in [5, 5.41) is 17.5. The number of carbonyl (C=O) groups excluding carboxylic acids is 2. The highest BCUT2D eigenvalue weighted by Crippen LogP contribution is 2.42. The van der Waals surface area contributed by atoms with Crippen LogP contribution in [-0.2, 0) is 22.3 Å². The van der Waals surface area contributed by atoms with Crippen molar-refractivity contribution in [2.45, 2.75) is 76.4 Å². The number of rotatable bonds is 4. The van der Waals surface area contributed by atoms with E-state index >= 15 is 0 Å². The summed E-state index contributed by atoms with van der Waals surface area (Å²) in [6.07, 6.45) is -4.33. The highest BCUT2D eigenvalue weighted by atomic mass is 19.4. The molecule has 196 valence electrons. The number of aromatic nitrogens is 2. The van der Waals surface area contributed by atoms with Gasteiger partial charge in [0.25, 0.3) is 5.56 Å². The minimum Gasteiger partial charge on any atom is -0.444 e. The standard InChI is InChI=1S/C24H29F3N4O5/c1-23(2,3)36-22(35)30-9-8-18(32)17(11-30)28-19(33)12-31-21(34)15-7-6-14(24(25,26)27)10-16(15)20(29-31)13-4-5-13/h6-7,10,13,17-18,32H,4-5,8-9,11-12H2,1-3H3,(H,28,33)/t17-,18+/m0/s1. The highest BCUT2D eigenvalue weighted by molar-refractivity contribution is 5.85. The summed E-state index contributed by atoms with van der Waals surface area (Å²) in [7, 11) is 0. The van der Waals surface area contributed by atoms with Gasteiger partial charge in [0.2, 0.25) is 5.91 Å². The number of aliphatic hydroxyl groups excluding tert-OH is 1. The molecule has 2 aromatic rings. The number of piperidine rings is 1. The van der Waals surface area contributed by atoms with E-state index in [9.17, 15) is 32.7 Å². The van der Waals surface area contributed by atoms with Crippen molar-refractivity contribution < 1.29 is 32.6 Å². The average molecular weight is 511 g/mol. The third-order valence-electron chi connectivity index (χ3n) is 6.15. The monoisotopic (exact) mass is 510 g/mol. The lowest BCUT2D eigenvalue weighted by molar-refractivity contribution is -0.137. The van der Waals surface area contributed by atoms with Gasteiger partial charge < -0.3 is 20.1 Å². The number of benzene rings is 1. The topological polar surface area (TPSA) is 114 Å². The Labute approximate surface area is 205 Å². The van der Waals surface area contributed by atoms with Crippen LogP contribution >= 0.6 is 0 Å². The van der Waals surface area contributed by atoms with Gasteiger partial charge in [-0.1, -0.05) is 0 Å². The largest absolute Gasteiger partial charge is 0.444 e. The Balaban J connectivity index is 1.53. The molecule has 12 heteroatoms. The van der Waals surface area contributed by atoms with E-state index in [4.69, 9.17) is 4.74 Å². The molecule has 0 bridgehead atoms. The van der Waals surface area contributed by atoms with Gasteiger partial charge in [-0.05, 0) is 58.2 Å². The first-order valence-electron chi connectivity index (χ1n) is 11.8. The normalized spacial score (nSPS) is 20.9. The number of halogens is 3. The lowest BCUT2D eigenvalue weighted by Gasteiger charge is -2.37. The van der Waals surface area contributed by atoms with Crippen LogP contribution in [0.5, 0.6) is 0 Å². The number of fused-ring (bicyclic) bond motifs is 1. The molecule has 2 N–H and O–H groups in total. The second-order valence-corrected chi connectivity index (χ2v) is 10.3. The van der Waals surface area contributed by atoms with E-state index in [0.717, 1.165) is 35.7 Å². The third-order valence-corrected chi connectivity index (χ3v) is 6.15. The molecule has 1 aliphatic carbocycles. The molecule has 2 heterocycles. The molecule has 2 atom stereocenters. The maximum Gasteiger partial charge on any atom is 0.416 e. The van der Waals surface area contributed by atoms with Crippen LogP contribution in [-0.4, -0.2) is 62.6 Å². The van der Waals surface area contributed by atoms with E-state index in [1.165, 1.54) is 4.90 Å². The van der Waals surface area contributed by atoms with Crippen LogP contribution in [0, 0.1) is 0 Å². The van der Waals surface area contributed by atoms with Gasteiger partial charge in [0.1, 0.15) is 12.1 Å². The number of likely N-dealkylation sites (tertiary alicyclic amines) is 1. The Morgan fingerprint density at radius 3 is 2.47 bits per heavy atom. The second-order valence-electron chi connectivity index (χ2n) is 10.3. The predicted octanol–water partition coefficient (Wildman–Crippen LogP) is 2.78. The zero-order valence-corrected chi connectivity index (χ0v) is 20.3. The average Bonchev–Trinajstić information content (AvgIpc) is 3.60. The van der Waals surface area contributed by atoms with Crippen LogP contribution in [0.3, 0.4) is 0 Å². The van der Waals surface area contributed by atoms with Gasteiger partial charge in [-0.3, -0.25) is 9.59 Å². The van der Waals surface area contributed by atoms with E-state index < -0.39 is 53.6 Å². The number of ether oxygens (including phenoxy) is 1. The van der Waals surface area contributed by atoms with Crippen LogP contribution in [0.2, 0.25) is 0 Å². The van der Waals surface area contributed by atoms with Crippen molar-refractivity contribution in [3.63, 3.8) is 0 Å². The maximum absolute atomic E-state index is 13.2. The van der Waals surface area contributed by atoms with Gasteiger partial charge in [0.05, 0.1) is 28.8 Å². The summed E-state index contributed by atoms with van der Waals surface area (Å²) >= 11 is 0. The molecule has 1 aliphatic heterocycles. The van der Waals surface area contributed by atoms with E-state index in [1.54, 1.807) is 20.8 Å². The van der Waals surface area contributed by atoms with Crippen molar-refractivity contribution >= 4 is 22.8 Å². The number of hydrogen-bond donors (Lipinski definition) is 2. The predicted molar refractivity (Wildman–Crippen MR) is 123 cm³/mol. The minimum absolute atomic E-state index is 0.0232. The Bertz CT molecular complexity index is 1230. The van der Waals surface area contributed by atoms with Crippen molar-refractivity contribution in [3.8, 4) is 0 Å². The fourth-order valence-corrected chi connectivity index (χ4v) is 4.22. The first kappa shape index (κ1) is 25.9. The highest BCUT2D eigenvalue weighted by Gasteiger charge is 2.35. The van der Waals surface area contributed by atoms with Gasteiger partial charge in [0, 0.05) is 24.4 Å². The van der Waals surface area contributed by atoms with E-state index in [0.29, 0.717) is 5.69 Å². The molecule has 1 aromatic carbocycles. The van der Waals surface area contributed by atoms with Crippen LogP contribution < -0.4 is 10.9 Å². The van der Waals surface area contributed by atoms with Gasteiger partial charge in [-0.15, -0.1) is 0 Å². The molecule has 2 fully saturated rings. The molecule has 1 saturated heterocycles. The van der Waals surface area contributed by atoms with Crippen LogP contribution in [0.1, 0.15) is 57.2 Å². The fourth-order valence-electron chi connectivity index (χ4n) is 4.22. The van der Waals surface area contributed by atoms with Crippen molar-refractivity contribution in [2.24, 2.45) is 0 Å². The van der Waals surface area contributed by atoms with Crippen molar-refractivity contribution in [1.29, 1.82) is 0 Å². The SMILES string of the molecule is CC(C)(C)OC(=O)N1CC[C@@H](O)[C@@H](NC(=O)Cn2nc(C3CC3)c3cc(C(F)(F)F)ccc3c2=O)C1. The van der Waals surface area contributed by atoms with Gasteiger partial charge in [-0.25, -0.2) is 9.48 Å². The van der Waals surface area contributed by atoms with Crippen molar-refractivity contribution in [1.82, 2.24) is 20.0 Å². The number of aliphatic hydroxyl groups is 1. The Hall–Kier alpha value is -3.15. The van der Waals surface area contributed by atoms with Gasteiger partial charge >= 0.3 is 12.3 Å². The molecular formula is C24H29F3N4O5. The molecule has 2 aliphatic rings. The quantitative estimate of drug-likeness (QED) is 0.654. The number of carbonyl (C=O) groups is 2. The van der Waals surface area contributed by atoms with E-state index in [2.05, 4.69) is 10.4 Å². The summed E-state index contributed by atoms with van der Waals surface area (Å²) < 4.78 is 46.0. The van der Waals surface area contributed by atoms with Crippen LogP contribution in [0.15, 0.2) is 23.0 Å². The van der Waals surface area contributed by atoms with Crippen molar-refractivity contribution in [3.05, 3.63) is 39.8 Å². The number of amides is 2. The molecular weight excluding hydrogens is 481 g/mol. The third kappa shape index (κ3) is 5.80. The zero-order valence-electron chi connectivity index (χ0n) is 20.3. The van der Waals surface area contributed by atoms with Crippen LogP contribution in [0.4, 0.5) is 18.0 Å². The number of alkyl halides is 3. The number of nitrogens with zero attached hydrogens (tertiary/aromatic N) is 3. The lowest BCUT2D eigenvalue weighted by Crippen LogP contribution is -2.57. The number of nitrogens with one attached hydrogen (secondary N) is 1. The summed E-state index contributed by atoms with van der Waals surface area (Å²) in [4.78, 5) is 39.6. The minimum atomic E-state index is -4.56. The van der Waals surface area contributed by atoms with Gasteiger partial charge in [-0.2, -0.15) is 18.3 Å². The molecule has 1 aromatic heterocycles. The van der Waals surface area contributed by atoms with E-state index in [1.807, 2.05) is 0 Å². The summed E-state index contributed by atoms with van der Waals surface area (Å²) in [5.41, 5.74) is -1.89. The van der Waals surface area contributed by atoms with Crippen LogP contribution in [0.25, 0.3) is 10.8 Å². The molecule has 4 rings (SSSR count). The molecule has 0 unspecified atom stereocenters. The first-order valence-corrected chi connectivity index (χ1v) is 11.8. The Morgan fingerprint density at radius 1 is 1.17 bits per heavy atom. The summed E-state index contributed by atoms with van der Waals surface area (Å²) in [6.45, 7) is 5.00. The molecule has 0 radical (unpaired) electrons. The molecule has 1 saturated carbocycles. The first-order chi connectivity index (χ1) is 16.7. The smallest absolute Gasteiger partial charge is 0.416 e. The number of hydrogen-bond acceptors (Lipinski definition) is 6. The van der Waals surface area contributed by atoms with Gasteiger partial charge in [0.15, 0.2) is 0 Å². The second kappa shape index (κ2) is 9.38. The molecule has 9 nitrogen and oxygen atoms in total. The Kier molecular flexibility index (Phi) is 6.76. The molecule has 36 heavy (non-hydrogen) atoms.